The minimum Gasteiger partial charge on any atom is -0.306 e. The van der Waals surface area contributed by atoms with Crippen LogP contribution in [0.15, 0.2) is 26.6 Å². The van der Waals surface area contributed by atoms with Gasteiger partial charge in [-0.2, -0.15) is 5.10 Å². The summed E-state index contributed by atoms with van der Waals surface area (Å²) >= 11 is 8.03. The molecule has 2 heterocycles. The number of amides is 1. The third kappa shape index (κ3) is 2.47. The number of hydrogen-bond donors (Lipinski definition) is 2. The van der Waals surface area contributed by atoms with Crippen molar-refractivity contribution < 1.29 is 4.79 Å². The number of hydrogen-bond acceptors (Lipinski definition) is 3. The van der Waals surface area contributed by atoms with Crippen LogP contribution in [0, 0.1) is 0 Å². The van der Waals surface area contributed by atoms with Gasteiger partial charge in [-0.15, -0.1) is 11.3 Å². The maximum absolute atomic E-state index is 11.7. The van der Waals surface area contributed by atoms with Crippen LogP contribution in [0.2, 0.25) is 0 Å². The van der Waals surface area contributed by atoms with Crippen LogP contribution in [0.25, 0.3) is 0 Å². The van der Waals surface area contributed by atoms with Gasteiger partial charge in [-0.05, 0) is 37.9 Å². The lowest BCUT2D eigenvalue weighted by Gasteiger charge is -1.97. The molecule has 4 nitrogen and oxygen atoms in total. The van der Waals surface area contributed by atoms with E-state index < -0.39 is 0 Å². The van der Waals surface area contributed by atoms with E-state index in [0.717, 1.165) is 8.26 Å². The molecule has 1 amide bonds. The van der Waals surface area contributed by atoms with Crippen molar-refractivity contribution >= 4 is 54.9 Å². The zero-order valence-electron chi connectivity index (χ0n) is 7.25. The summed E-state index contributed by atoms with van der Waals surface area (Å²) in [5, 5.41) is 9.09. The van der Waals surface area contributed by atoms with E-state index in [4.69, 9.17) is 0 Å². The van der Waals surface area contributed by atoms with Crippen molar-refractivity contribution in [2.45, 2.75) is 0 Å². The summed E-state index contributed by atoms with van der Waals surface area (Å²) in [5.41, 5.74) is 0. The first-order valence-corrected chi connectivity index (χ1v) is 6.32. The molecule has 0 fully saturated rings. The highest BCUT2D eigenvalue weighted by molar-refractivity contribution is 9.13. The Labute approximate surface area is 106 Å². The lowest BCUT2D eigenvalue weighted by molar-refractivity contribution is 0.103. The fourth-order valence-electron chi connectivity index (χ4n) is 0.968. The Morgan fingerprint density at radius 3 is 2.87 bits per heavy atom. The monoisotopic (exact) mass is 349 g/mol. The number of aromatic nitrogens is 2. The lowest BCUT2D eigenvalue weighted by Crippen LogP contribution is -2.10. The van der Waals surface area contributed by atoms with E-state index in [-0.39, 0.29) is 5.91 Å². The van der Waals surface area contributed by atoms with Crippen LogP contribution in [0.3, 0.4) is 0 Å². The predicted octanol–water partition coefficient (Wildman–Crippen LogP) is 3.25. The van der Waals surface area contributed by atoms with Crippen LogP contribution in [0.1, 0.15) is 9.67 Å². The van der Waals surface area contributed by atoms with Crippen LogP contribution < -0.4 is 5.32 Å². The largest absolute Gasteiger partial charge is 0.306 e. The third-order valence-corrected chi connectivity index (χ3v) is 4.87. The van der Waals surface area contributed by atoms with Crippen molar-refractivity contribution in [2.75, 3.05) is 5.32 Å². The van der Waals surface area contributed by atoms with Gasteiger partial charge in [0.2, 0.25) is 0 Å². The summed E-state index contributed by atoms with van der Waals surface area (Å²) in [6.45, 7) is 0. The van der Waals surface area contributed by atoms with E-state index in [2.05, 4.69) is 47.4 Å². The van der Waals surface area contributed by atoms with Crippen LogP contribution in [-0.2, 0) is 0 Å². The van der Waals surface area contributed by atoms with Crippen LogP contribution in [0.4, 0.5) is 5.82 Å². The summed E-state index contributed by atoms with van der Waals surface area (Å²) in [6.07, 6.45) is 1.58. The van der Waals surface area contributed by atoms with E-state index in [1.807, 2.05) is 0 Å². The first-order chi connectivity index (χ1) is 7.16. The zero-order valence-corrected chi connectivity index (χ0v) is 11.2. The average molecular weight is 351 g/mol. The Hall–Kier alpha value is -0.660. The number of H-pyrrole nitrogens is 1. The molecule has 15 heavy (non-hydrogen) atoms. The maximum atomic E-state index is 11.7. The second-order valence-electron chi connectivity index (χ2n) is 2.66. The van der Waals surface area contributed by atoms with Crippen molar-refractivity contribution in [3.63, 3.8) is 0 Å². The van der Waals surface area contributed by atoms with E-state index >= 15 is 0 Å². The number of thiophene rings is 1. The predicted molar refractivity (Wildman–Crippen MR) is 66.3 cm³/mol. The van der Waals surface area contributed by atoms with Gasteiger partial charge in [-0.3, -0.25) is 9.89 Å². The van der Waals surface area contributed by atoms with Crippen LogP contribution in [0.5, 0.6) is 0 Å². The molecule has 0 atom stereocenters. The molecular formula is C8H5Br2N3OS. The summed E-state index contributed by atoms with van der Waals surface area (Å²) in [7, 11) is 0. The third-order valence-electron chi connectivity index (χ3n) is 1.62. The van der Waals surface area contributed by atoms with Crippen molar-refractivity contribution in [3.05, 3.63) is 31.5 Å². The van der Waals surface area contributed by atoms with Crippen molar-refractivity contribution in [2.24, 2.45) is 0 Å². The second-order valence-corrected chi connectivity index (χ2v) is 5.88. The highest BCUT2D eigenvalue weighted by atomic mass is 79.9. The SMILES string of the molecule is O=C(Nc1ccn[nH]1)c1cc(Br)c(Br)s1. The number of nitrogens with one attached hydrogen (secondary N) is 2. The Kier molecular flexibility index (Phi) is 3.22. The second kappa shape index (κ2) is 4.46. The van der Waals surface area contributed by atoms with Gasteiger partial charge in [-0.1, -0.05) is 0 Å². The highest BCUT2D eigenvalue weighted by Gasteiger charge is 2.12. The van der Waals surface area contributed by atoms with Crippen LogP contribution in [-0.4, -0.2) is 16.1 Å². The topological polar surface area (TPSA) is 57.8 Å². The standard InChI is InChI=1S/C8H5Br2N3OS/c9-4-3-5(15-7(4)10)8(14)12-6-1-2-11-13-6/h1-3H,(H2,11,12,13,14). The molecule has 0 radical (unpaired) electrons. The number of nitrogens with zero attached hydrogens (tertiary/aromatic N) is 1. The molecular weight excluding hydrogens is 346 g/mol. The fourth-order valence-corrected chi connectivity index (χ4v) is 2.90. The van der Waals surface area contributed by atoms with Gasteiger partial charge in [0.15, 0.2) is 0 Å². The van der Waals surface area contributed by atoms with Crippen molar-refractivity contribution in [1.82, 2.24) is 10.2 Å². The molecule has 7 heteroatoms. The molecule has 2 N–H and O–H groups in total. The molecule has 0 saturated heterocycles. The van der Waals surface area contributed by atoms with Gasteiger partial charge >= 0.3 is 0 Å². The van der Waals surface area contributed by atoms with Gasteiger partial charge in [0.1, 0.15) is 5.82 Å². The summed E-state index contributed by atoms with van der Waals surface area (Å²) in [6, 6.07) is 3.45. The Balaban J connectivity index is 2.15. The Morgan fingerprint density at radius 1 is 1.53 bits per heavy atom. The zero-order chi connectivity index (χ0) is 10.8. The molecule has 0 aromatic carbocycles. The van der Waals surface area contributed by atoms with Gasteiger partial charge in [0, 0.05) is 10.5 Å². The van der Waals surface area contributed by atoms with Crippen molar-refractivity contribution in [3.8, 4) is 0 Å². The number of rotatable bonds is 2. The first kappa shape index (κ1) is 10.8. The number of carbonyl (C=O) groups is 1. The minimum absolute atomic E-state index is 0.157. The molecule has 0 saturated carbocycles. The smallest absolute Gasteiger partial charge is 0.266 e. The molecule has 0 bridgehead atoms. The molecule has 0 aliphatic carbocycles. The van der Waals surface area contributed by atoms with E-state index in [9.17, 15) is 4.79 Å². The average Bonchev–Trinajstić information content (AvgIpc) is 2.78. The molecule has 0 aliphatic heterocycles. The molecule has 2 aromatic rings. The maximum Gasteiger partial charge on any atom is 0.266 e. The van der Waals surface area contributed by atoms with Gasteiger partial charge in [0.25, 0.3) is 5.91 Å². The lowest BCUT2D eigenvalue weighted by atomic mass is 10.4. The fraction of sp³-hybridized carbons (Fsp3) is 0. The van der Waals surface area contributed by atoms with Crippen LogP contribution >= 0.6 is 43.2 Å². The molecule has 0 spiro atoms. The molecule has 2 rings (SSSR count). The highest BCUT2D eigenvalue weighted by Crippen LogP contribution is 2.32. The number of halogens is 2. The number of carbonyl (C=O) groups excluding carboxylic acids is 1. The number of anilines is 1. The minimum atomic E-state index is -0.157. The first-order valence-electron chi connectivity index (χ1n) is 3.92. The molecule has 0 unspecified atom stereocenters. The normalized spacial score (nSPS) is 10.3. The molecule has 78 valence electrons. The molecule has 0 aliphatic rings. The van der Waals surface area contributed by atoms with E-state index in [0.29, 0.717) is 10.7 Å². The number of aromatic amines is 1. The molecule has 2 aromatic heterocycles. The quantitative estimate of drug-likeness (QED) is 0.873. The van der Waals surface area contributed by atoms with Crippen molar-refractivity contribution in [1.29, 1.82) is 0 Å². The van der Waals surface area contributed by atoms with E-state index in [1.165, 1.54) is 11.3 Å². The van der Waals surface area contributed by atoms with Gasteiger partial charge in [0.05, 0.1) is 14.9 Å². The Morgan fingerprint density at radius 2 is 2.33 bits per heavy atom. The van der Waals surface area contributed by atoms with Gasteiger partial charge < -0.3 is 5.32 Å². The summed E-state index contributed by atoms with van der Waals surface area (Å²) in [5.74, 6) is 0.427. The Bertz CT molecular complexity index is 461. The summed E-state index contributed by atoms with van der Waals surface area (Å²) < 4.78 is 1.78. The van der Waals surface area contributed by atoms with Gasteiger partial charge in [-0.25, -0.2) is 0 Å². The summed E-state index contributed by atoms with van der Waals surface area (Å²) in [4.78, 5) is 12.3. The van der Waals surface area contributed by atoms with E-state index in [1.54, 1.807) is 18.3 Å².